The summed E-state index contributed by atoms with van der Waals surface area (Å²) in [4.78, 5) is 2.33. The van der Waals surface area contributed by atoms with E-state index in [0.29, 0.717) is 11.8 Å². The minimum Gasteiger partial charge on any atom is -0.393 e. The second kappa shape index (κ2) is 4.91. The standard InChI is InChI=1S/C14H17BrFNO/c15-13-3-2-11(16)5-10(13)7-17-6-9-1-4-14(18)12(9)8-17/h2-3,5,9,12,14,18H,1,4,6-8H2. The lowest BCUT2D eigenvalue weighted by atomic mass is 10.00. The summed E-state index contributed by atoms with van der Waals surface area (Å²) in [6.45, 7) is 2.73. The number of aliphatic hydroxyl groups is 1. The average Bonchev–Trinajstić information content (AvgIpc) is 2.87. The molecule has 1 heterocycles. The van der Waals surface area contributed by atoms with Gasteiger partial charge in [-0.05, 0) is 42.5 Å². The Morgan fingerprint density at radius 3 is 2.94 bits per heavy atom. The number of halogens is 2. The molecule has 0 spiro atoms. The van der Waals surface area contributed by atoms with Gasteiger partial charge in [-0.2, -0.15) is 0 Å². The SMILES string of the molecule is OC1CCC2CN(Cc3cc(F)ccc3Br)CC12. The third-order valence-electron chi connectivity index (χ3n) is 4.30. The Labute approximate surface area is 115 Å². The summed E-state index contributed by atoms with van der Waals surface area (Å²) in [5.41, 5.74) is 0.990. The van der Waals surface area contributed by atoms with Crippen molar-refractivity contribution in [2.75, 3.05) is 13.1 Å². The highest BCUT2D eigenvalue weighted by Gasteiger charge is 2.41. The summed E-state index contributed by atoms with van der Waals surface area (Å²) in [6, 6.07) is 4.82. The third-order valence-corrected chi connectivity index (χ3v) is 5.07. The monoisotopic (exact) mass is 313 g/mol. The molecule has 1 saturated carbocycles. The summed E-state index contributed by atoms with van der Waals surface area (Å²) < 4.78 is 14.2. The Kier molecular flexibility index (Phi) is 3.43. The first kappa shape index (κ1) is 12.6. The minimum absolute atomic E-state index is 0.129. The number of hydrogen-bond donors (Lipinski definition) is 1. The van der Waals surface area contributed by atoms with Crippen LogP contribution in [-0.2, 0) is 6.54 Å². The van der Waals surface area contributed by atoms with E-state index in [1.54, 1.807) is 12.1 Å². The van der Waals surface area contributed by atoms with Gasteiger partial charge in [-0.3, -0.25) is 4.90 Å². The van der Waals surface area contributed by atoms with Crippen molar-refractivity contribution >= 4 is 15.9 Å². The molecule has 1 aliphatic carbocycles. The van der Waals surface area contributed by atoms with Gasteiger partial charge in [-0.25, -0.2) is 4.39 Å². The Hall–Kier alpha value is -0.450. The molecule has 0 aromatic heterocycles. The first-order chi connectivity index (χ1) is 8.63. The first-order valence-electron chi connectivity index (χ1n) is 6.48. The van der Waals surface area contributed by atoms with Gasteiger partial charge in [0.05, 0.1) is 6.10 Å². The van der Waals surface area contributed by atoms with Crippen molar-refractivity contribution < 1.29 is 9.50 Å². The molecule has 1 aromatic rings. The summed E-state index contributed by atoms with van der Waals surface area (Å²) in [5, 5.41) is 9.89. The fourth-order valence-corrected chi connectivity index (χ4v) is 3.74. The number of hydrogen-bond acceptors (Lipinski definition) is 2. The molecule has 3 unspecified atom stereocenters. The molecule has 1 aliphatic heterocycles. The highest BCUT2D eigenvalue weighted by molar-refractivity contribution is 9.10. The van der Waals surface area contributed by atoms with Crippen molar-refractivity contribution in [3.63, 3.8) is 0 Å². The average molecular weight is 314 g/mol. The molecule has 0 amide bonds. The summed E-state index contributed by atoms with van der Waals surface area (Å²) in [5.74, 6) is 0.872. The van der Waals surface area contributed by atoms with E-state index in [4.69, 9.17) is 0 Å². The van der Waals surface area contributed by atoms with Crippen molar-refractivity contribution in [1.29, 1.82) is 0 Å². The molecule has 1 N–H and O–H groups in total. The van der Waals surface area contributed by atoms with Crippen LogP contribution in [0.5, 0.6) is 0 Å². The largest absolute Gasteiger partial charge is 0.393 e. The van der Waals surface area contributed by atoms with Crippen LogP contribution in [0, 0.1) is 17.7 Å². The molecule has 1 saturated heterocycles. The number of fused-ring (bicyclic) bond motifs is 1. The zero-order valence-corrected chi connectivity index (χ0v) is 11.7. The molecule has 0 bridgehead atoms. The molecule has 4 heteroatoms. The van der Waals surface area contributed by atoms with Crippen LogP contribution < -0.4 is 0 Å². The Bertz CT molecular complexity index is 453. The van der Waals surface area contributed by atoms with Gasteiger partial charge in [0.15, 0.2) is 0 Å². The maximum atomic E-state index is 13.2. The molecule has 3 atom stereocenters. The van der Waals surface area contributed by atoms with Crippen LogP contribution in [0.1, 0.15) is 18.4 Å². The van der Waals surface area contributed by atoms with Gasteiger partial charge < -0.3 is 5.11 Å². The van der Waals surface area contributed by atoms with Gasteiger partial charge in [0, 0.05) is 30.0 Å². The molecule has 2 fully saturated rings. The molecule has 18 heavy (non-hydrogen) atoms. The highest BCUT2D eigenvalue weighted by atomic mass is 79.9. The molecular weight excluding hydrogens is 297 g/mol. The van der Waals surface area contributed by atoms with Crippen molar-refractivity contribution in [3.8, 4) is 0 Å². The zero-order valence-electron chi connectivity index (χ0n) is 10.1. The maximum Gasteiger partial charge on any atom is 0.123 e. The molecule has 0 radical (unpaired) electrons. The fourth-order valence-electron chi connectivity index (χ4n) is 3.36. The van der Waals surface area contributed by atoms with Crippen LogP contribution >= 0.6 is 15.9 Å². The van der Waals surface area contributed by atoms with E-state index >= 15 is 0 Å². The molecule has 3 rings (SSSR count). The van der Waals surface area contributed by atoms with Gasteiger partial charge in [-0.15, -0.1) is 0 Å². The van der Waals surface area contributed by atoms with Crippen molar-refractivity contribution in [1.82, 2.24) is 4.90 Å². The quantitative estimate of drug-likeness (QED) is 0.907. The van der Waals surface area contributed by atoms with E-state index in [-0.39, 0.29) is 11.9 Å². The lowest BCUT2D eigenvalue weighted by molar-refractivity contribution is 0.123. The maximum absolute atomic E-state index is 13.2. The van der Waals surface area contributed by atoms with Crippen LogP contribution in [0.25, 0.3) is 0 Å². The van der Waals surface area contributed by atoms with Gasteiger partial charge in [0.2, 0.25) is 0 Å². The predicted octanol–water partition coefficient (Wildman–Crippen LogP) is 2.79. The smallest absolute Gasteiger partial charge is 0.123 e. The summed E-state index contributed by atoms with van der Waals surface area (Å²) in [7, 11) is 0. The topological polar surface area (TPSA) is 23.5 Å². The Morgan fingerprint density at radius 1 is 1.33 bits per heavy atom. The third kappa shape index (κ3) is 2.33. The van der Waals surface area contributed by atoms with Crippen LogP contribution in [-0.4, -0.2) is 29.2 Å². The lowest BCUT2D eigenvalue weighted by Crippen LogP contribution is -2.24. The van der Waals surface area contributed by atoms with Crippen LogP contribution in [0.3, 0.4) is 0 Å². The first-order valence-corrected chi connectivity index (χ1v) is 7.27. The van der Waals surface area contributed by atoms with E-state index in [0.717, 1.165) is 42.5 Å². The van der Waals surface area contributed by atoms with E-state index in [2.05, 4.69) is 20.8 Å². The van der Waals surface area contributed by atoms with Crippen LogP contribution in [0.15, 0.2) is 22.7 Å². The molecule has 98 valence electrons. The minimum atomic E-state index is -0.187. The van der Waals surface area contributed by atoms with Crippen molar-refractivity contribution in [3.05, 3.63) is 34.1 Å². The van der Waals surface area contributed by atoms with E-state index in [9.17, 15) is 9.50 Å². The lowest BCUT2D eigenvalue weighted by Gasteiger charge is -2.18. The molecule has 1 aromatic carbocycles. The van der Waals surface area contributed by atoms with Gasteiger partial charge in [0.1, 0.15) is 5.82 Å². The van der Waals surface area contributed by atoms with Crippen LogP contribution in [0.4, 0.5) is 4.39 Å². The number of aliphatic hydroxyl groups excluding tert-OH is 1. The molecule has 2 nitrogen and oxygen atoms in total. The van der Waals surface area contributed by atoms with Crippen molar-refractivity contribution in [2.45, 2.75) is 25.5 Å². The van der Waals surface area contributed by atoms with E-state index in [1.807, 2.05) is 0 Å². The van der Waals surface area contributed by atoms with Gasteiger partial charge >= 0.3 is 0 Å². The predicted molar refractivity (Wildman–Crippen MR) is 71.6 cm³/mol. The highest BCUT2D eigenvalue weighted by Crippen LogP contribution is 2.38. The second-order valence-corrected chi connectivity index (χ2v) is 6.35. The van der Waals surface area contributed by atoms with E-state index < -0.39 is 0 Å². The number of benzene rings is 1. The van der Waals surface area contributed by atoms with Crippen LogP contribution in [0.2, 0.25) is 0 Å². The number of nitrogens with zero attached hydrogens (tertiary/aromatic N) is 1. The Balaban J connectivity index is 1.69. The van der Waals surface area contributed by atoms with E-state index in [1.165, 1.54) is 6.07 Å². The van der Waals surface area contributed by atoms with Gasteiger partial charge in [0.25, 0.3) is 0 Å². The van der Waals surface area contributed by atoms with Gasteiger partial charge in [-0.1, -0.05) is 15.9 Å². The molecular formula is C14H17BrFNO. The zero-order chi connectivity index (χ0) is 12.7. The number of likely N-dealkylation sites (tertiary alicyclic amines) is 1. The summed E-state index contributed by atoms with van der Waals surface area (Å²) in [6.07, 6.45) is 1.95. The second-order valence-electron chi connectivity index (χ2n) is 5.50. The normalized spacial score (nSPS) is 31.8. The summed E-state index contributed by atoms with van der Waals surface area (Å²) >= 11 is 3.47. The number of rotatable bonds is 2. The fraction of sp³-hybridized carbons (Fsp3) is 0.571. The van der Waals surface area contributed by atoms with Crippen molar-refractivity contribution in [2.24, 2.45) is 11.8 Å². The molecule has 2 aliphatic rings. The Morgan fingerprint density at radius 2 is 2.17 bits per heavy atom.